The van der Waals surface area contributed by atoms with E-state index in [2.05, 4.69) is 16.9 Å². The maximum Gasteiger partial charge on any atom is 0.274 e. The Labute approximate surface area is 131 Å². The number of benzene rings is 1. The molecule has 0 N–H and O–H groups in total. The lowest BCUT2D eigenvalue weighted by Crippen LogP contribution is -2.38. The molecule has 1 saturated heterocycles. The average molecular weight is 297 g/mol. The second-order valence-electron chi connectivity index (χ2n) is 6.12. The number of fused-ring (bicyclic) bond motifs is 1. The highest BCUT2D eigenvalue weighted by Gasteiger charge is 2.24. The van der Waals surface area contributed by atoms with Crippen molar-refractivity contribution in [3.63, 3.8) is 0 Å². The van der Waals surface area contributed by atoms with Crippen LogP contribution in [0.3, 0.4) is 0 Å². The molecule has 1 aliphatic heterocycles. The van der Waals surface area contributed by atoms with Gasteiger partial charge in [0.1, 0.15) is 5.69 Å². The molecule has 4 heteroatoms. The van der Waals surface area contributed by atoms with Crippen molar-refractivity contribution in [1.82, 2.24) is 14.9 Å². The van der Waals surface area contributed by atoms with Gasteiger partial charge in [-0.25, -0.2) is 4.98 Å². The lowest BCUT2D eigenvalue weighted by atomic mass is 9.91. The molecule has 0 spiro atoms. The summed E-state index contributed by atoms with van der Waals surface area (Å²) in [6.07, 6.45) is 7.70. The minimum atomic E-state index is 0.0206. The SMILES string of the molecule is CCCCC1CCN(C(=O)c2cnc3ccccc3n2)CC1. The fourth-order valence-electron chi connectivity index (χ4n) is 3.14. The first kappa shape index (κ1) is 14.9. The van der Waals surface area contributed by atoms with E-state index in [9.17, 15) is 4.79 Å². The Bertz CT molecular complexity index is 648. The molecule has 2 aromatic rings. The van der Waals surface area contributed by atoms with Crippen LogP contribution in [0.1, 0.15) is 49.5 Å². The molecule has 0 radical (unpaired) electrons. The van der Waals surface area contributed by atoms with Gasteiger partial charge in [0.15, 0.2) is 0 Å². The summed E-state index contributed by atoms with van der Waals surface area (Å²) in [5.74, 6) is 0.805. The van der Waals surface area contributed by atoms with E-state index in [1.54, 1.807) is 6.20 Å². The van der Waals surface area contributed by atoms with Crippen LogP contribution in [0.2, 0.25) is 0 Å². The van der Waals surface area contributed by atoms with E-state index in [-0.39, 0.29) is 5.91 Å². The number of hydrogen-bond donors (Lipinski definition) is 0. The van der Waals surface area contributed by atoms with Gasteiger partial charge in [0, 0.05) is 13.1 Å². The van der Waals surface area contributed by atoms with Crippen LogP contribution in [0, 0.1) is 5.92 Å². The molecule has 3 rings (SSSR count). The molecule has 0 bridgehead atoms. The fraction of sp³-hybridized carbons (Fsp3) is 0.500. The largest absolute Gasteiger partial charge is 0.337 e. The van der Waals surface area contributed by atoms with E-state index in [1.807, 2.05) is 29.2 Å². The molecule has 1 aliphatic rings. The molecule has 0 aliphatic carbocycles. The van der Waals surface area contributed by atoms with E-state index >= 15 is 0 Å². The van der Waals surface area contributed by atoms with Crippen molar-refractivity contribution < 1.29 is 4.79 Å². The predicted molar refractivity (Wildman–Crippen MR) is 87.7 cm³/mol. The van der Waals surface area contributed by atoms with Gasteiger partial charge in [-0.1, -0.05) is 38.3 Å². The number of nitrogens with zero attached hydrogens (tertiary/aromatic N) is 3. The Hall–Kier alpha value is -1.97. The zero-order valence-corrected chi connectivity index (χ0v) is 13.2. The van der Waals surface area contributed by atoms with Crippen LogP contribution in [-0.2, 0) is 0 Å². The van der Waals surface area contributed by atoms with E-state index < -0.39 is 0 Å². The summed E-state index contributed by atoms with van der Waals surface area (Å²) < 4.78 is 0. The topological polar surface area (TPSA) is 46.1 Å². The molecule has 1 aromatic heterocycles. The number of piperidine rings is 1. The number of aromatic nitrogens is 2. The molecular formula is C18H23N3O. The summed E-state index contributed by atoms with van der Waals surface area (Å²) >= 11 is 0. The minimum Gasteiger partial charge on any atom is -0.337 e. The summed E-state index contributed by atoms with van der Waals surface area (Å²) in [5, 5.41) is 0. The standard InChI is InChI=1S/C18H23N3O/c1-2-3-6-14-9-11-21(12-10-14)18(22)17-13-19-15-7-4-5-8-16(15)20-17/h4-5,7-8,13-14H,2-3,6,9-12H2,1H3. The second-order valence-corrected chi connectivity index (χ2v) is 6.12. The lowest BCUT2D eigenvalue weighted by molar-refractivity contribution is 0.0680. The third kappa shape index (κ3) is 3.26. The van der Waals surface area contributed by atoms with E-state index in [4.69, 9.17) is 0 Å². The molecule has 4 nitrogen and oxygen atoms in total. The van der Waals surface area contributed by atoms with Crippen LogP contribution < -0.4 is 0 Å². The number of carbonyl (C=O) groups is 1. The molecule has 1 amide bonds. The van der Waals surface area contributed by atoms with Gasteiger partial charge in [-0.15, -0.1) is 0 Å². The Morgan fingerprint density at radius 1 is 1.23 bits per heavy atom. The number of carbonyl (C=O) groups excluding carboxylic acids is 1. The molecule has 0 saturated carbocycles. The zero-order chi connectivity index (χ0) is 15.4. The first-order valence-corrected chi connectivity index (χ1v) is 8.29. The summed E-state index contributed by atoms with van der Waals surface area (Å²) in [6.45, 7) is 3.93. The van der Waals surface area contributed by atoms with Gasteiger partial charge in [-0.05, 0) is 30.9 Å². The van der Waals surface area contributed by atoms with Crippen LogP contribution in [0.5, 0.6) is 0 Å². The maximum absolute atomic E-state index is 12.6. The van der Waals surface area contributed by atoms with Crippen molar-refractivity contribution in [2.24, 2.45) is 5.92 Å². The molecule has 1 aromatic carbocycles. The third-order valence-corrected chi connectivity index (χ3v) is 4.54. The normalized spacial score (nSPS) is 16.1. The smallest absolute Gasteiger partial charge is 0.274 e. The quantitative estimate of drug-likeness (QED) is 0.865. The van der Waals surface area contributed by atoms with Gasteiger partial charge in [-0.3, -0.25) is 9.78 Å². The Balaban J connectivity index is 1.66. The van der Waals surface area contributed by atoms with E-state index in [0.29, 0.717) is 5.69 Å². The molecule has 2 heterocycles. The number of unbranched alkanes of at least 4 members (excludes halogenated alkanes) is 1. The zero-order valence-electron chi connectivity index (χ0n) is 13.2. The number of likely N-dealkylation sites (tertiary alicyclic amines) is 1. The number of hydrogen-bond acceptors (Lipinski definition) is 3. The molecule has 0 atom stereocenters. The maximum atomic E-state index is 12.6. The Morgan fingerprint density at radius 2 is 1.95 bits per heavy atom. The van der Waals surface area contributed by atoms with Crippen LogP contribution in [0.25, 0.3) is 11.0 Å². The lowest BCUT2D eigenvalue weighted by Gasteiger charge is -2.31. The van der Waals surface area contributed by atoms with Crippen molar-refractivity contribution in [3.05, 3.63) is 36.2 Å². The Kier molecular flexibility index (Phi) is 4.66. The van der Waals surface area contributed by atoms with Gasteiger partial charge < -0.3 is 4.90 Å². The molecular weight excluding hydrogens is 274 g/mol. The highest BCUT2D eigenvalue weighted by atomic mass is 16.2. The number of amides is 1. The first-order chi connectivity index (χ1) is 10.8. The van der Waals surface area contributed by atoms with E-state index in [0.717, 1.165) is 42.9 Å². The second kappa shape index (κ2) is 6.86. The van der Waals surface area contributed by atoms with Crippen molar-refractivity contribution in [3.8, 4) is 0 Å². The first-order valence-electron chi connectivity index (χ1n) is 8.29. The molecule has 116 valence electrons. The van der Waals surface area contributed by atoms with Gasteiger partial charge in [0.25, 0.3) is 5.91 Å². The summed E-state index contributed by atoms with van der Waals surface area (Å²) in [4.78, 5) is 23.3. The predicted octanol–water partition coefficient (Wildman–Crippen LogP) is 3.67. The van der Waals surface area contributed by atoms with E-state index in [1.165, 1.54) is 19.3 Å². The third-order valence-electron chi connectivity index (χ3n) is 4.54. The highest BCUT2D eigenvalue weighted by Crippen LogP contribution is 2.23. The fourth-order valence-corrected chi connectivity index (χ4v) is 3.14. The molecule has 22 heavy (non-hydrogen) atoms. The van der Waals surface area contributed by atoms with Gasteiger partial charge in [-0.2, -0.15) is 0 Å². The Morgan fingerprint density at radius 3 is 2.68 bits per heavy atom. The van der Waals surface area contributed by atoms with Gasteiger partial charge in [0.05, 0.1) is 17.2 Å². The highest BCUT2D eigenvalue weighted by molar-refractivity contribution is 5.93. The number of para-hydroxylation sites is 2. The van der Waals surface area contributed by atoms with Crippen LogP contribution in [0.4, 0.5) is 0 Å². The van der Waals surface area contributed by atoms with Crippen LogP contribution in [0.15, 0.2) is 30.5 Å². The molecule has 0 unspecified atom stereocenters. The van der Waals surface area contributed by atoms with Crippen LogP contribution in [-0.4, -0.2) is 33.9 Å². The van der Waals surface area contributed by atoms with Gasteiger partial charge in [0.2, 0.25) is 0 Å². The van der Waals surface area contributed by atoms with Crippen molar-refractivity contribution in [1.29, 1.82) is 0 Å². The van der Waals surface area contributed by atoms with Crippen molar-refractivity contribution >= 4 is 16.9 Å². The van der Waals surface area contributed by atoms with Crippen LogP contribution >= 0.6 is 0 Å². The molecule has 1 fully saturated rings. The minimum absolute atomic E-state index is 0.0206. The summed E-state index contributed by atoms with van der Waals surface area (Å²) in [5.41, 5.74) is 2.08. The van der Waals surface area contributed by atoms with Gasteiger partial charge >= 0.3 is 0 Å². The average Bonchev–Trinajstić information content (AvgIpc) is 2.59. The van der Waals surface area contributed by atoms with Crippen molar-refractivity contribution in [2.75, 3.05) is 13.1 Å². The van der Waals surface area contributed by atoms with Crippen molar-refractivity contribution in [2.45, 2.75) is 39.0 Å². The summed E-state index contributed by atoms with van der Waals surface area (Å²) in [6, 6.07) is 7.66. The monoisotopic (exact) mass is 297 g/mol. The number of rotatable bonds is 4. The summed E-state index contributed by atoms with van der Waals surface area (Å²) in [7, 11) is 0.